The van der Waals surface area contributed by atoms with Gasteiger partial charge in [0.25, 0.3) is 0 Å². The van der Waals surface area contributed by atoms with Gasteiger partial charge in [-0.1, -0.05) is 0 Å². The summed E-state index contributed by atoms with van der Waals surface area (Å²) in [7, 11) is 0. The van der Waals surface area contributed by atoms with E-state index in [9.17, 15) is 0 Å². The third kappa shape index (κ3) is 2.63. The Morgan fingerprint density at radius 1 is 1.41 bits per heavy atom. The number of hydrogen-bond donors (Lipinski definition) is 2. The van der Waals surface area contributed by atoms with Crippen LogP contribution in [-0.2, 0) is 13.0 Å². The predicted molar refractivity (Wildman–Crippen MR) is 61.5 cm³/mol. The molecule has 2 heterocycles. The van der Waals surface area contributed by atoms with Crippen molar-refractivity contribution in [2.45, 2.75) is 25.9 Å². The molecule has 90 valence electrons. The van der Waals surface area contributed by atoms with Gasteiger partial charge in [0.15, 0.2) is 0 Å². The quantitative estimate of drug-likeness (QED) is 0.550. The van der Waals surface area contributed by atoms with Crippen molar-refractivity contribution in [2.24, 2.45) is 5.84 Å². The summed E-state index contributed by atoms with van der Waals surface area (Å²) in [6.07, 6.45) is 7.14. The van der Waals surface area contributed by atoms with Crippen molar-refractivity contribution in [3.05, 3.63) is 36.4 Å². The van der Waals surface area contributed by atoms with E-state index in [1.807, 2.05) is 11.6 Å². The maximum atomic E-state index is 5.54. The fourth-order valence-electron chi connectivity index (χ4n) is 1.63. The zero-order valence-corrected chi connectivity index (χ0v) is 9.61. The minimum atomic E-state index is -0.113. The highest BCUT2D eigenvalue weighted by atomic mass is 15.3. The highest BCUT2D eigenvalue weighted by molar-refractivity contribution is 5.05. The van der Waals surface area contributed by atoms with Gasteiger partial charge in [0, 0.05) is 25.4 Å². The minimum absolute atomic E-state index is 0.113. The van der Waals surface area contributed by atoms with Crippen LogP contribution in [0.2, 0.25) is 0 Å². The molecule has 0 saturated heterocycles. The second kappa shape index (κ2) is 5.46. The zero-order chi connectivity index (χ0) is 12.1. The number of hydrogen-bond acceptors (Lipinski definition) is 6. The van der Waals surface area contributed by atoms with Gasteiger partial charge in [-0.05, 0) is 6.92 Å². The van der Waals surface area contributed by atoms with Crippen molar-refractivity contribution < 1.29 is 0 Å². The van der Waals surface area contributed by atoms with Gasteiger partial charge in [0.1, 0.15) is 12.2 Å². The van der Waals surface area contributed by atoms with Crippen LogP contribution in [-0.4, -0.2) is 24.7 Å². The van der Waals surface area contributed by atoms with Gasteiger partial charge in [-0.2, -0.15) is 5.10 Å². The standard InChI is InChI=1S/C10H15N7/c1-2-17-10(14-7-15-17)5-8(16-11)9-6-12-3-4-13-9/h3-4,6-8,16H,2,5,11H2,1H3. The van der Waals surface area contributed by atoms with E-state index in [0.717, 1.165) is 18.1 Å². The molecule has 2 aromatic heterocycles. The molecule has 0 aliphatic carbocycles. The normalized spacial score (nSPS) is 12.6. The summed E-state index contributed by atoms with van der Waals surface area (Å²) in [6, 6.07) is -0.113. The largest absolute Gasteiger partial charge is 0.271 e. The zero-order valence-electron chi connectivity index (χ0n) is 9.61. The number of aryl methyl sites for hydroxylation is 1. The molecule has 0 spiro atoms. The molecule has 0 radical (unpaired) electrons. The van der Waals surface area contributed by atoms with Gasteiger partial charge in [-0.3, -0.25) is 25.9 Å². The lowest BCUT2D eigenvalue weighted by Crippen LogP contribution is -2.31. The van der Waals surface area contributed by atoms with Crippen LogP contribution in [0.25, 0.3) is 0 Å². The molecule has 0 aliphatic heterocycles. The van der Waals surface area contributed by atoms with Gasteiger partial charge in [-0.15, -0.1) is 0 Å². The van der Waals surface area contributed by atoms with Crippen LogP contribution < -0.4 is 11.3 Å². The van der Waals surface area contributed by atoms with Crippen molar-refractivity contribution in [3.63, 3.8) is 0 Å². The summed E-state index contributed by atoms with van der Waals surface area (Å²) < 4.78 is 1.83. The van der Waals surface area contributed by atoms with Gasteiger partial charge in [0.2, 0.25) is 0 Å². The van der Waals surface area contributed by atoms with Crippen LogP contribution in [0.15, 0.2) is 24.9 Å². The highest BCUT2D eigenvalue weighted by Crippen LogP contribution is 2.12. The summed E-state index contributed by atoms with van der Waals surface area (Å²) in [5, 5.41) is 4.12. The Balaban J connectivity index is 2.16. The van der Waals surface area contributed by atoms with Gasteiger partial charge < -0.3 is 0 Å². The molecule has 0 amide bonds. The van der Waals surface area contributed by atoms with E-state index in [-0.39, 0.29) is 6.04 Å². The average Bonchev–Trinajstić information content (AvgIpc) is 2.84. The molecule has 3 N–H and O–H groups in total. The van der Waals surface area contributed by atoms with E-state index in [2.05, 4.69) is 25.5 Å². The molecule has 7 nitrogen and oxygen atoms in total. The summed E-state index contributed by atoms with van der Waals surface area (Å²) in [5.74, 6) is 6.41. The first kappa shape index (κ1) is 11.6. The first-order valence-electron chi connectivity index (χ1n) is 5.43. The van der Waals surface area contributed by atoms with Crippen molar-refractivity contribution in [2.75, 3.05) is 0 Å². The number of nitrogens with one attached hydrogen (secondary N) is 1. The first-order chi connectivity index (χ1) is 8.35. The van der Waals surface area contributed by atoms with Crippen LogP contribution in [0.5, 0.6) is 0 Å². The molecule has 17 heavy (non-hydrogen) atoms. The number of hydrazine groups is 1. The van der Waals surface area contributed by atoms with Crippen molar-refractivity contribution in [3.8, 4) is 0 Å². The van der Waals surface area contributed by atoms with E-state index in [1.54, 1.807) is 24.9 Å². The molecule has 1 unspecified atom stereocenters. The van der Waals surface area contributed by atoms with Crippen LogP contribution in [0.4, 0.5) is 0 Å². The Morgan fingerprint density at radius 3 is 2.94 bits per heavy atom. The lowest BCUT2D eigenvalue weighted by molar-refractivity contribution is 0.499. The van der Waals surface area contributed by atoms with Crippen molar-refractivity contribution in [1.82, 2.24) is 30.2 Å². The van der Waals surface area contributed by atoms with Crippen LogP contribution in [0.1, 0.15) is 24.5 Å². The maximum Gasteiger partial charge on any atom is 0.138 e. The molecular formula is C10H15N7. The lowest BCUT2D eigenvalue weighted by Gasteiger charge is -2.14. The Kier molecular flexibility index (Phi) is 3.73. The van der Waals surface area contributed by atoms with Gasteiger partial charge in [0.05, 0.1) is 17.9 Å². The minimum Gasteiger partial charge on any atom is -0.271 e. The number of nitrogens with zero attached hydrogens (tertiary/aromatic N) is 5. The lowest BCUT2D eigenvalue weighted by atomic mass is 10.1. The summed E-state index contributed by atoms with van der Waals surface area (Å²) in [6.45, 7) is 2.80. The molecular weight excluding hydrogens is 218 g/mol. The average molecular weight is 233 g/mol. The molecule has 1 atom stereocenters. The molecule has 2 aromatic rings. The number of aromatic nitrogens is 5. The summed E-state index contributed by atoms with van der Waals surface area (Å²) in [5.41, 5.74) is 3.52. The second-order valence-electron chi connectivity index (χ2n) is 3.55. The van der Waals surface area contributed by atoms with Crippen LogP contribution in [0, 0.1) is 0 Å². The smallest absolute Gasteiger partial charge is 0.138 e. The Morgan fingerprint density at radius 2 is 2.29 bits per heavy atom. The van der Waals surface area contributed by atoms with Gasteiger partial charge >= 0.3 is 0 Å². The van der Waals surface area contributed by atoms with Crippen molar-refractivity contribution in [1.29, 1.82) is 0 Å². The third-order valence-corrected chi connectivity index (χ3v) is 2.52. The van der Waals surface area contributed by atoms with E-state index < -0.39 is 0 Å². The summed E-state index contributed by atoms with van der Waals surface area (Å²) >= 11 is 0. The molecule has 7 heteroatoms. The van der Waals surface area contributed by atoms with Crippen LogP contribution >= 0.6 is 0 Å². The fourth-order valence-corrected chi connectivity index (χ4v) is 1.63. The number of rotatable bonds is 5. The molecule has 0 aromatic carbocycles. The molecule has 0 bridgehead atoms. The van der Waals surface area contributed by atoms with Gasteiger partial charge in [-0.25, -0.2) is 4.98 Å². The Hall–Kier alpha value is -1.86. The van der Waals surface area contributed by atoms with Crippen LogP contribution in [0.3, 0.4) is 0 Å². The topological polar surface area (TPSA) is 94.5 Å². The van der Waals surface area contributed by atoms with Crippen molar-refractivity contribution >= 4 is 0 Å². The second-order valence-corrected chi connectivity index (χ2v) is 3.55. The Bertz CT molecular complexity index is 453. The first-order valence-corrected chi connectivity index (χ1v) is 5.43. The van der Waals surface area contributed by atoms with E-state index in [0.29, 0.717) is 6.42 Å². The molecule has 0 saturated carbocycles. The fraction of sp³-hybridized carbons (Fsp3) is 0.400. The Labute approximate surface area is 99.1 Å². The molecule has 2 rings (SSSR count). The monoisotopic (exact) mass is 233 g/mol. The predicted octanol–water partition coefficient (Wildman–Crippen LogP) is -0.165. The molecule has 0 aliphatic rings. The molecule has 0 fully saturated rings. The third-order valence-electron chi connectivity index (χ3n) is 2.52. The highest BCUT2D eigenvalue weighted by Gasteiger charge is 2.15. The van der Waals surface area contributed by atoms with E-state index in [4.69, 9.17) is 5.84 Å². The van der Waals surface area contributed by atoms with E-state index >= 15 is 0 Å². The summed E-state index contributed by atoms with van der Waals surface area (Å²) in [4.78, 5) is 12.5. The van der Waals surface area contributed by atoms with E-state index in [1.165, 1.54) is 0 Å². The number of nitrogens with two attached hydrogens (primary N) is 1. The SMILES string of the molecule is CCn1ncnc1CC(NN)c1cnccn1. The maximum absolute atomic E-state index is 5.54.